The summed E-state index contributed by atoms with van der Waals surface area (Å²) < 4.78 is 50.7. The molecule has 20 nitrogen and oxygen atoms in total. The van der Waals surface area contributed by atoms with Gasteiger partial charge in [0.1, 0.15) is 31.2 Å². The number of hydrogen-bond acceptors (Lipinski definition) is 15. The Kier molecular flexibility index (Phi) is 21.9. The summed E-state index contributed by atoms with van der Waals surface area (Å²) in [4.78, 5) is 95.2. The molecule has 22 heteroatoms. The summed E-state index contributed by atoms with van der Waals surface area (Å²) >= 11 is 0. The number of ether oxygens (including phenoxy) is 2. The topological polar surface area (TPSA) is 270 Å². The van der Waals surface area contributed by atoms with Crippen LogP contribution in [0.15, 0.2) is 46.6 Å². The lowest BCUT2D eigenvalue weighted by Gasteiger charge is -2.31. The van der Waals surface area contributed by atoms with E-state index in [1.54, 1.807) is 52.0 Å². The summed E-state index contributed by atoms with van der Waals surface area (Å²) in [5.41, 5.74) is 1.10. The van der Waals surface area contributed by atoms with Gasteiger partial charge < -0.3 is 45.3 Å². The van der Waals surface area contributed by atoms with Crippen LogP contribution in [-0.2, 0) is 62.0 Å². The smallest absolute Gasteiger partial charge is 0.343 e. The molecular formula is C57H74FN9O11S. The fourth-order valence-electron chi connectivity index (χ4n) is 9.38. The molecule has 5 N–H and O–H groups in total. The van der Waals surface area contributed by atoms with E-state index >= 15 is 0 Å². The molecule has 0 fully saturated rings. The van der Waals surface area contributed by atoms with Crippen molar-refractivity contribution in [2.45, 2.75) is 148 Å². The third kappa shape index (κ3) is 15.9. The Balaban J connectivity index is 1.05. The second kappa shape index (κ2) is 28.3. The van der Waals surface area contributed by atoms with Gasteiger partial charge in [-0.1, -0.05) is 71.5 Å². The predicted molar refractivity (Wildman–Crippen MR) is 295 cm³/mol. The van der Waals surface area contributed by atoms with Crippen molar-refractivity contribution in [3.8, 4) is 23.2 Å². The Labute approximate surface area is 461 Å². The lowest BCUT2D eigenvalue weighted by molar-refractivity contribution is -0.172. The molecular weight excluding hydrogens is 1040 g/mol. The zero-order valence-corrected chi connectivity index (χ0v) is 47.1. The molecule has 2 aliphatic rings. The molecule has 0 aliphatic carbocycles. The molecule has 79 heavy (non-hydrogen) atoms. The largest absolute Gasteiger partial charge is 0.458 e. The summed E-state index contributed by atoms with van der Waals surface area (Å²) in [5, 5.41) is 22.6. The summed E-state index contributed by atoms with van der Waals surface area (Å²) in [5.74, 6) is 2.08. The Morgan fingerprint density at radius 3 is 2.33 bits per heavy atom. The highest BCUT2D eigenvalue weighted by molar-refractivity contribution is 7.90. The van der Waals surface area contributed by atoms with Crippen LogP contribution >= 0.6 is 0 Å². The Morgan fingerprint density at radius 2 is 1.66 bits per heavy atom. The first kappa shape index (κ1) is 61.3. The number of aromatic nitrogens is 4. The van der Waals surface area contributed by atoms with Gasteiger partial charge in [0.2, 0.25) is 38.6 Å². The minimum Gasteiger partial charge on any atom is -0.458 e. The number of sulfone groups is 1. The molecule has 5 heterocycles. The average Bonchev–Trinajstić information content (AvgIpc) is 3.89. The second-order valence-corrected chi connectivity index (χ2v) is 22.3. The van der Waals surface area contributed by atoms with Crippen molar-refractivity contribution in [3.63, 3.8) is 0 Å². The SMILES string of the molecule is CCCCN(CCCC)CCCC[C@H](NC(=O)[C@@H](NC(=O)CCCC#Cc1cnc(S(C)(=O)=O)nc1)C(C)C)C(=O)NCC(=O)NCOC/C=C/c1c2c(nc3cc(F)c(C)cc13)-c1cc3c(c(=O)n1C2)COC(=O)[C@]3(O)CC. The number of carbonyl (C=O) groups excluding carboxylic acids is 5. The molecule has 0 saturated carbocycles. The number of cyclic esters (lactones) is 1. The first-order valence-electron chi connectivity index (χ1n) is 27.1. The molecule has 3 aromatic heterocycles. The van der Waals surface area contributed by atoms with Crippen molar-refractivity contribution in [1.82, 2.24) is 45.7 Å². The van der Waals surface area contributed by atoms with Crippen LogP contribution in [0.5, 0.6) is 0 Å². The third-order valence-corrected chi connectivity index (χ3v) is 14.8. The van der Waals surface area contributed by atoms with E-state index in [2.05, 4.69) is 61.8 Å². The number of halogens is 1. The van der Waals surface area contributed by atoms with Crippen molar-refractivity contribution >= 4 is 56.4 Å². The van der Waals surface area contributed by atoms with E-state index in [-0.39, 0.29) is 73.9 Å². The molecule has 4 aromatic rings. The Bertz CT molecular complexity index is 3150. The van der Waals surface area contributed by atoms with Gasteiger partial charge in [-0.2, -0.15) is 0 Å². The molecule has 6 rings (SSSR count). The van der Waals surface area contributed by atoms with E-state index in [0.29, 0.717) is 63.8 Å². The number of rotatable bonds is 28. The number of benzene rings is 1. The lowest BCUT2D eigenvalue weighted by atomic mass is 9.86. The molecule has 0 spiro atoms. The lowest BCUT2D eigenvalue weighted by Crippen LogP contribution is -2.56. The molecule has 3 atom stereocenters. The normalized spacial score (nSPS) is 15.5. The van der Waals surface area contributed by atoms with Crippen LogP contribution in [-0.4, -0.2) is 125 Å². The highest BCUT2D eigenvalue weighted by Gasteiger charge is 2.45. The van der Waals surface area contributed by atoms with Gasteiger partial charge in [-0.05, 0) is 101 Å². The van der Waals surface area contributed by atoms with E-state index < -0.39 is 69.1 Å². The molecule has 0 unspecified atom stereocenters. The highest BCUT2D eigenvalue weighted by Crippen LogP contribution is 2.41. The van der Waals surface area contributed by atoms with E-state index in [0.717, 1.165) is 58.0 Å². The number of pyridine rings is 2. The van der Waals surface area contributed by atoms with Crippen molar-refractivity contribution < 1.29 is 51.4 Å². The summed E-state index contributed by atoms with van der Waals surface area (Å²) in [7, 11) is -3.55. The number of nitrogens with zero attached hydrogens (tertiary/aromatic N) is 5. The molecule has 1 aromatic carbocycles. The zero-order valence-electron chi connectivity index (χ0n) is 46.3. The number of aliphatic hydroxyl groups is 1. The summed E-state index contributed by atoms with van der Waals surface area (Å²) in [6.07, 6.45) is 13.8. The number of esters is 1. The first-order valence-corrected chi connectivity index (χ1v) is 29.0. The standard InChI is InChI=1S/C57H74FN9O11S/c1-8-11-23-66(24-12-9-2)25-17-16-21-45(64-53(71)50(36(4)5)65-48(68)22-15-13-14-19-38-30-60-56(61-31-38)79(7,75)76)52(70)59-32-49(69)62-35-77-26-18-20-39-40-27-37(6)44(58)29-46(40)63-51-41(39)33-67-47(51)28-43-42(54(67)72)34-78-55(73)57(43,74)10-3/h18,20,27-31,36,45,50,74H,8-13,15-17,21-26,32-35H2,1-7H3,(H,59,70)(H,62,69)(H,64,71)(H,65,68)/b20-18+/t45-,50-,57-/m0/s1. The van der Waals surface area contributed by atoms with Crippen LogP contribution in [0.1, 0.15) is 139 Å². The predicted octanol–water partition coefficient (Wildman–Crippen LogP) is 4.86. The Hall–Kier alpha value is -6.93. The number of carbonyl (C=O) groups is 5. The van der Waals surface area contributed by atoms with E-state index in [1.165, 1.54) is 23.0 Å². The van der Waals surface area contributed by atoms with Gasteiger partial charge >= 0.3 is 5.97 Å². The molecule has 4 amide bonds. The monoisotopic (exact) mass is 1110 g/mol. The van der Waals surface area contributed by atoms with Crippen molar-refractivity contribution in [3.05, 3.63) is 86.2 Å². The number of nitrogens with one attached hydrogen (secondary N) is 4. The zero-order chi connectivity index (χ0) is 57.4. The van der Waals surface area contributed by atoms with Crippen molar-refractivity contribution in [2.24, 2.45) is 5.92 Å². The molecule has 2 aliphatic heterocycles. The maximum absolute atomic E-state index is 15.0. The second-order valence-electron chi connectivity index (χ2n) is 20.4. The van der Waals surface area contributed by atoms with Crippen LogP contribution in [0.4, 0.5) is 4.39 Å². The van der Waals surface area contributed by atoms with Gasteiger partial charge in [-0.15, -0.1) is 0 Å². The van der Waals surface area contributed by atoms with E-state index in [9.17, 15) is 46.7 Å². The Morgan fingerprint density at radius 1 is 0.949 bits per heavy atom. The first-order chi connectivity index (χ1) is 37.7. The number of amides is 4. The summed E-state index contributed by atoms with van der Waals surface area (Å²) in [6.45, 7) is 13.1. The quantitative estimate of drug-likeness (QED) is 0.0147. The van der Waals surface area contributed by atoms with E-state index in [1.807, 2.05) is 0 Å². The maximum Gasteiger partial charge on any atom is 0.343 e. The molecule has 426 valence electrons. The van der Waals surface area contributed by atoms with Gasteiger partial charge in [-0.3, -0.25) is 24.0 Å². The third-order valence-electron chi connectivity index (χ3n) is 14.0. The number of hydrogen-bond donors (Lipinski definition) is 5. The van der Waals surface area contributed by atoms with Crippen LogP contribution in [0.3, 0.4) is 0 Å². The van der Waals surface area contributed by atoms with Crippen molar-refractivity contribution in [2.75, 3.05) is 45.8 Å². The van der Waals surface area contributed by atoms with Gasteiger partial charge in [0, 0.05) is 54.1 Å². The summed E-state index contributed by atoms with van der Waals surface area (Å²) in [6, 6.07) is 2.61. The molecule has 0 bridgehead atoms. The van der Waals surface area contributed by atoms with Crippen molar-refractivity contribution in [1.29, 1.82) is 0 Å². The average molecular weight is 1110 g/mol. The molecule has 0 radical (unpaired) electrons. The maximum atomic E-state index is 15.0. The highest BCUT2D eigenvalue weighted by atomic mass is 32.2. The van der Waals surface area contributed by atoms with E-state index in [4.69, 9.17) is 14.5 Å². The van der Waals surface area contributed by atoms with Crippen LogP contribution in [0.2, 0.25) is 0 Å². The van der Waals surface area contributed by atoms with Gasteiger partial charge in [0.05, 0.1) is 47.7 Å². The fourth-order valence-corrected chi connectivity index (χ4v) is 9.86. The van der Waals surface area contributed by atoms with Gasteiger partial charge in [0.15, 0.2) is 5.60 Å². The minimum absolute atomic E-state index is 0.0147. The number of unbranched alkanes of at least 4 members (excludes halogenated alkanes) is 4. The number of fused-ring (bicyclic) bond motifs is 5. The van der Waals surface area contributed by atoms with Crippen LogP contribution in [0.25, 0.3) is 28.4 Å². The number of aryl methyl sites for hydroxylation is 1. The minimum atomic E-state index is -3.55. The molecule has 0 saturated heterocycles. The van der Waals surface area contributed by atoms with Gasteiger partial charge in [0.25, 0.3) is 5.56 Å². The van der Waals surface area contributed by atoms with Crippen LogP contribution in [0, 0.1) is 30.5 Å². The van der Waals surface area contributed by atoms with Crippen LogP contribution < -0.4 is 26.8 Å². The van der Waals surface area contributed by atoms with Gasteiger partial charge in [-0.25, -0.2) is 32.6 Å². The fraction of sp³-hybridized carbons (Fsp3) is 0.526.